The fourth-order valence-corrected chi connectivity index (χ4v) is 7.11. The second-order valence-corrected chi connectivity index (χ2v) is 20.8. The number of nitrogens with one attached hydrogen (secondary N) is 1. The minimum absolute atomic E-state index is 0.0385. The lowest BCUT2D eigenvalue weighted by Crippen LogP contribution is -2.66. The zero-order valence-corrected chi connectivity index (χ0v) is 35.2. The summed E-state index contributed by atoms with van der Waals surface area (Å²) in [6.07, 6.45) is 19.8. The first-order chi connectivity index (χ1) is 24.3. The SMILES string of the molecule is C/C=C\O[C@H]1O[C@H](CO[Si](C)(C)C(C)(C)C)[C@@H](OC(C)=O)[C@H](OCCCCCCCCCC)[C@H]1NC(=O)CC(=O)CCCCCCCCCCC. The van der Waals surface area contributed by atoms with E-state index in [9.17, 15) is 14.4 Å². The summed E-state index contributed by atoms with van der Waals surface area (Å²) in [4.78, 5) is 38.8. The Labute approximate surface area is 313 Å². The number of esters is 1. The van der Waals surface area contributed by atoms with Crippen LogP contribution in [-0.2, 0) is 37.8 Å². The Morgan fingerprint density at radius 1 is 0.784 bits per heavy atom. The summed E-state index contributed by atoms with van der Waals surface area (Å²) in [5.41, 5.74) is 0. The lowest BCUT2D eigenvalue weighted by molar-refractivity contribution is -0.267. The van der Waals surface area contributed by atoms with E-state index in [0.29, 0.717) is 13.0 Å². The summed E-state index contributed by atoms with van der Waals surface area (Å²) in [6.45, 7) is 19.1. The average Bonchev–Trinajstić information content (AvgIpc) is 3.06. The molecule has 1 aliphatic rings. The topological polar surface area (TPSA) is 109 Å². The van der Waals surface area contributed by atoms with Crippen molar-refractivity contribution in [3.63, 3.8) is 0 Å². The molecule has 1 amide bonds. The summed E-state index contributed by atoms with van der Waals surface area (Å²) < 4.78 is 31.5. The molecule has 0 aromatic heterocycles. The smallest absolute Gasteiger partial charge is 0.303 e. The first-order valence-electron chi connectivity index (χ1n) is 20.4. The van der Waals surface area contributed by atoms with Crippen LogP contribution in [0.2, 0.25) is 18.1 Å². The number of unbranched alkanes of at least 4 members (excludes halogenated alkanes) is 15. The van der Waals surface area contributed by atoms with Crippen molar-refractivity contribution in [2.24, 2.45) is 0 Å². The molecule has 1 heterocycles. The molecule has 0 radical (unpaired) electrons. The lowest BCUT2D eigenvalue weighted by atomic mass is 9.95. The molecule has 0 aromatic carbocycles. The van der Waals surface area contributed by atoms with E-state index in [1.54, 1.807) is 6.08 Å². The molecular formula is C41H77NO8Si. The number of ether oxygens (including phenoxy) is 4. The molecule has 1 fully saturated rings. The monoisotopic (exact) mass is 740 g/mol. The summed E-state index contributed by atoms with van der Waals surface area (Å²) in [5.74, 6) is -0.987. The average molecular weight is 740 g/mol. The van der Waals surface area contributed by atoms with E-state index >= 15 is 0 Å². The molecule has 0 aromatic rings. The molecule has 0 unspecified atom stereocenters. The van der Waals surface area contributed by atoms with Gasteiger partial charge in [-0.1, -0.05) is 137 Å². The molecule has 0 aliphatic carbocycles. The van der Waals surface area contributed by atoms with Gasteiger partial charge in [-0.25, -0.2) is 0 Å². The molecule has 10 heteroatoms. The standard InChI is InChI=1S/C41H77NO8Si/c1-10-13-15-17-19-21-22-24-26-28-34(44)31-36(45)42-37-39(46-30-27-25-23-20-18-16-14-11-2)38(49-33(4)43)35(50-40(37)47-29-12-3)32-48-51(8,9)41(5,6)7/h12,29,35,37-40H,10-11,13-28,30-32H2,1-9H3,(H,42,45)/b29-12-/t35-,37-,38-,39-,40+/m1/s1. The van der Waals surface area contributed by atoms with E-state index in [2.05, 4.69) is 53.0 Å². The van der Waals surface area contributed by atoms with Gasteiger partial charge in [0.15, 0.2) is 14.4 Å². The minimum atomic E-state index is -2.19. The van der Waals surface area contributed by atoms with E-state index in [4.69, 9.17) is 23.4 Å². The Balaban J connectivity index is 3.06. The lowest BCUT2D eigenvalue weighted by Gasteiger charge is -2.46. The van der Waals surface area contributed by atoms with Crippen LogP contribution in [0, 0.1) is 0 Å². The third kappa shape index (κ3) is 20.3. The molecule has 1 saturated heterocycles. The van der Waals surface area contributed by atoms with Gasteiger partial charge in [0.2, 0.25) is 12.2 Å². The Hall–Kier alpha value is -1.75. The zero-order valence-electron chi connectivity index (χ0n) is 34.2. The maximum atomic E-state index is 13.4. The first-order valence-corrected chi connectivity index (χ1v) is 23.3. The van der Waals surface area contributed by atoms with Crippen molar-refractivity contribution in [2.45, 2.75) is 219 Å². The van der Waals surface area contributed by atoms with Gasteiger partial charge in [0.1, 0.15) is 24.0 Å². The van der Waals surface area contributed by atoms with E-state index in [0.717, 1.165) is 38.5 Å². The van der Waals surface area contributed by atoms with Gasteiger partial charge in [0, 0.05) is 20.0 Å². The number of rotatable bonds is 29. The second-order valence-electron chi connectivity index (χ2n) is 16.0. The second kappa shape index (κ2) is 26.9. The van der Waals surface area contributed by atoms with Crippen LogP contribution in [0.5, 0.6) is 0 Å². The Kier molecular flexibility index (Phi) is 25.0. The molecular weight excluding hydrogens is 663 g/mol. The van der Waals surface area contributed by atoms with Gasteiger partial charge < -0.3 is 28.7 Å². The highest BCUT2D eigenvalue weighted by Crippen LogP contribution is 2.37. The van der Waals surface area contributed by atoms with Crippen LogP contribution in [0.4, 0.5) is 0 Å². The molecule has 51 heavy (non-hydrogen) atoms. The Morgan fingerprint density at radius 3 is 1.82 bits per heavy atom. The van der Waals surface area contributed by atoms with Crippen LogP contribution in [0.25, 0.3) is 0 Å². The van der Waals surface area contributed by atoms with Gasteiger partial charge in [0.25, 0.3) is 0 Å². The highest BCUT2D eigenvalue weighted by Gasteiger charge is 2.51. The zero-order chi connectivity index (χ0) is 38.1. The number of carbonyl (C=O) groups excluding carboxylic acids is 3. The van der Waals surface area contributed by atoms with Crippen molar-refractivity contribution in [1.29, 1.82) is 0 Å². The highest BCUT2D eigenvalue weighted by molar-refractivity contribution is 6.74. The van der Waals surface area contributed by atoms with Crippen molar-refractivity contribution < 1.29 is 37.8 Å². The number of hydrogen-bond acceptors (Lipinski definition) is 8. The summed E-state index contributed by atoms with van der Waals surface area (Å²) >= 11 is 0. The van der Waals surface area contributed by atoms with Crippen molar-refractivity contribution in [1.82, 2.24) is 5.32 Å². The van der Waals surface area contributed by atoms with Gasteiger partial charge in [-0.3, -0.25) is 14.4 Å². The number of amides is 1. The highest BCUT2D eigenvalue weighted by atomic mass is 28.4. The first kappa shape index (κ1) is 47.3. The van der Waals surface area contributed by atoms with Crippen LogP contribution in [0.15, 0.2) is 12.3 Å². The molecule has 1 aliphatic heterocycles. The maximum Gasteiger partial charge on any atom is 0.303 e. The summed E-state index contributed by atoms with van der Waals surface area (Å²) in [5, 5.41) is 2.96. The minimum Gasteiger partial charge on any atom is -0.471 e. The predicted octanol–water partition coefficient (Wildman–Crippen LogP) is 10.1. The molecule has 5 atom stereocenters. The van der Waals surface area contributed by atoms with E-state index in [-0.39, 0.29) is 23.8 Å². The van der Waals surface area contributed by atoms with Crippen LogP contribution in [-0.4, -0.2) is 69.8 Å². The molecule has 0 spiro atoms. The molecule has 1 rings (SSSR count). The van der Waals surface area contributed by atoms with Crippen LogP contribution < -0.4 is 5.32 Å². The van der Waals surface area contributed by atoms with Crippen LogP contribution in [0.3, 0.4) is 0 Å². The molecule has 9 nitrogen and oxygen atoms in total. The number of ketones is 1. The van der Waals surface area contributed by atoms with Gasteiger partial charge in [-0.15, -0.1) is 0 Å². The quantitative estimate of drug-likeness (QED) is 0.0266. The Bertz CT molecular complexity index is 981. The third-order valence-electron chi connectivity index (χ3n) is 10.3. The van der Waals surface area contributed by atoms with E-state index < -0.39 is 50.8 Å². The van der Waals surface area contributed by atoms with Crippen molar-refractivity contribution in [3.8, 4) is 0 Å². The number of allylic oxidation sites excluding steroid dienone is 1. The normalized spacial score (nSPS) is 21.2. The molecule has 0 saturated carbocycles. The molecule has 298 valence electrons. The van der Waals surface area contributed by atoms with Gasteiger partial charge in [-0.05, 0) is 37.9 Å². The van der Waals surface area contributed by atoms with Crippen LogP contribution >= 0.6 is 0 Å². The summed E-state index contributed by atoms with van der Waals surface area (Å²) in [7, 11) is -2.19. The molecule has 1 N–H and O–H groups in total. The molecule has 0 bridgehead atoms. The van der Waals surface area contributed by atoms with Crippen molar-refractivity contribution in [3.05, 3.63) is 12.3 Å². The van der Waals surface area contributed by atoms with Crippen molar-refractivity contribution in [2.75, 3.05) is 13.2 Å². The fourth-order valence-electron chi connectivity index (χ4n) is 6.09. The van der Waals surface area contributed by atoms with Crippen molar-refractivity contribution >= 4 is 26.0 Å². The van der Waals surface area contributed by atoms with Crippen LogP contribution in [0.1, 0.15) is 170 Å². The fraction of sp³-hybridized carbons (Fsp3) is 0.878. The van der Waals surface area contributed by atoms with Gasteiger partial charge in [0.05, 0.1) is 19.3 Å². The third-order valence-corrected chi connectivity index (χ3v) is 14.8. The largest absolute Gasteiger partial charge is 0.471 e. The number of carbonyl (C=O) groups is 3. The van der Waals surface area contributed by atoms with Gasteiger partial charge in [-0.2, -0.15) is 0 Å². The number of hydrogen-bond donors (Lipinski definition) is 1. The van der Waals surface area contributed by atoms with E-state index in [1.165, 1.54) is 83.8 Å². The summed E-state index contributed by atoms with van der Waals surface area (Å²) in [6, 6.07) is -0.822. The maximum absolute atomic E-state index is 13.4. The van der Waals surface area contributed by atoms with E-state index in [1.807, 2.05) is 6.92 Å². The number of Topliss-reactive ketones (excluding diaryl/α,β-unsaturated/α-hetero) is 1. The predicted molar refractivity (Wildman–Crippen MR) is 209 cm³/mol. The van der Waals surface area contributed by atoms with Gasteiger partial charge >= 0.3 is 5.97 Å². The Morgan fingerprint density at radius 2 is 1.31 bits per heavy atom.